The summed E-state index contributed by atoms with van der Waals surface area (Å²) in [6.07, 6.45) is 7.24. The van der Waals surface area contributed by atoms with Crippen LogP contribution in [0, 0.1) is 0 Å². The molecule has 0 saturated heterocycles. The van der Waals surface area contributed by atoms with Crippen molar-refractivity contribution in [3.63, 3.8) is 0 Å². The summed E-state index contributed by atoms with van der Waals surface area (Å²) < 4.78 is 0. The van der Waals surface area contributed by atoms with Crippen molar-refractivity contribution < 1.29 is 0 Å². The Balaban J connectivity index is 2.61. The van der Waals surface area contributed by atoms with E-state index < -0.39 is 0 Å². The largest absolute Gasteiger partial charge is 0.0879 e. The highest BCUT2D eigenvalue weighted by Gasteiger charge is 2.25. The molecular weight excluding hydrogens is 624 g/mol. The minimum atomic E-state index is 0.560. The molecule has 1 aliphatic rings. The lowest BCUT2D eigenvalue weighted by Crippen LogP contribution is -2.25. The van der Waals surface area contributed by atoms with Crippen molar-refractivity contribution in [2.75, 3.05) is 0 Å². The zero-order chi connectivity index (χ0) is 13.7. The predicted molar refractivity (Wildman–Crippen MR) is 104 cm³/mol. The van der Waals surface area contributed by atoms with Gasteiger partial charge in [-0.3, -0.25) is 0 Å². The molecule has 1 fully saturated rings. The average Bonchev–Trinajstić information content (AvgIpc) is 2.36. The highest BCUT2D eigenvalue weighted by atomic mass is 79.9. The first kappa shape index (κ1) is 18.9. The summed E-state index contributed by atoms with van der Waals surface area (Å²) >= 11 is 22.9. The highest BCUT2D eigenvalue weighted by molar-refractivity contribution is 9.13. The molecule has 0 nitrogen and oxygen atoms in total. The van der Waals surface area contributed by atoms with Crippen molar-refractivity contribution >= 4 is 95.6 Å². The van der Waals surface area contributed by atoms with Gasteiger partial charge in [0.25, 0.3) is 0 Å². The van der Waals surface area contributed by atoms with Crippen molar-refractivity contribution in [1.82, 2.24) is 0 Å². The van der Waals surface area contributed by atoms with Gasteiger partial charge in [0.2, 0.25) is 0 Å². The molecule has 1 unspecified atom stereocenters. The van der Waals surface area contributed by atoms with Crippen molar-refractivity contribution in [3.8, 4) is 0 Å². The standard InChI is InChI=1S/C12H18Br6/c13-7-1-2-8(14)10(16)5-6-12(18)11(17)4-3-9(7)15/h7-12H,1-6H2/t7-,8+,9+,10-,11-,12?/m1/s1. The molecule has 0 aromatic carbocycles. The van der Waals surface area contributed by atoms with Crippen LogP contribution in [0.15, 0.2) is 0 Å². The predicted octanol–water partition coefficient (Wildman–Crippen LogP) is 6.92. The van der Waals surface area contributed by atoms with E-state index in [1.54, 1.807) is 0 Å². The Bertz CT molecular complexity index is 175. The van der Waals surface area contributed by atoms with Crippen molar-refractivity contribution in [3.05, 3.63) is 0 Å². The van der Waals surface area contributed by atoms with Gasteiger partial charge in [-0.25, -0.2) is 0 Å². The zero-order valence-corrected chi connectivity index (χ0v) is 19.5. The van der Waals surface area contributed by atoms with Crippen LogP contribution in [0.25, 0.3) is 0 Å². The van der Waals surface area contributed by atoms with Crippen LogP contribution in [-0.2, 0) is 0 Å². The van der Waals surface area contributed by atoms with Gasteiger partial charge < -0.3 is 0 Å². The molecule has 0 amide bonds. The summed E-state index contributed by atoms with van der Waals surface area (Å²) in [4.78, 5) is 3.36. The minimum absolute atomic E-state index is 0.560. The molecule has 6 heteroatoms. The Morgan fingerprint density at radius 2 is 0.444 bits per heavy atom. The molecular formula is C12H18Br6. The third kappa shape index (κ3) is 6.76. The molecule has 1 rings (SSSR count). The van der Waals surface area contributed by atoms with E-state index in [9.17, 15) is 0 Å². The Kier molecular flexibility index (Phi) is 10.3. The molecule has 0 heterocycles. The van der Waals surface area contributed by atoms with Gasteiger partial charge in [0.1, 0.15) is 0 Å². The van der Waals surface area contributed by atoms with E-state index in [0.29, 0.717) is 29.0 Å². The molecule has 0 bridgehead atoms. The Hall–Kier alpha value is 2.88. The highest BCUT2D eigenvalue weighted by Crippen LogP contribution is 2.34. The number of hydrogen-bond donors (Lipinski definition) is 0. The summed E-state index contributed by atoms with van der Waals surface area (Å²) in [5.74, 6) is 0. The average molecular weight is 642 g/mol. The maximum absolute atomic E-state index is 3.82. The van der Waals surface area contributed by atoms with Gasteiger partial charge in [-0.15, -0.1) is 0 Å². The van der Waals surface area contributed by atoms with Gasteiger partial charge >= 0.3 is 0 Å². The van der Waals surface area contributed by atoms with Crippen LogP contribution in [0.1, 0.15) is 38.5 Å². The van der Waals surface area contributed by atoms with E-state index in [1.165, 1.54) is 38.5 Å². The smallest absolute Gasteiger partial charge is 0.0271 e. The quantitative estimate of drug-likeness (QED) is 0.252. The van der Waals surface area contributed by atoms with Crippen LogP contribution in [-0.4, -0.2) is 29.0 Å². The van der Waals surface area contributed by atoms with Gasteiger partial charge in [-0.1, -0.05) is 95.6 Å². The molecule has 0 aliphatic heterocycles. The second-order valence-electron chi connectivity index (χ2n) is 4.83. The normalized spacial score (nSPS) is 45.0. The molecule has 18 heavy (non-hydrogen) atoms. The van der Waals surface area contributed by atoms with Crippen LogP contribution >= 0.6 is 95.6 Å². The zero-order valence-electron chi connectivity index (χ0n) is 9.97. The molecule has 0 aromatic heterocycles. The fourth-order valence-corrected chi connectivity index (χ4v) is 5.21. The molecule has 6 atom stereocenters. The van der Waals surface area contributed by atoms with Gasteiger partial charge in [-0.2, -0.15) is 0 Å². The van der Waals surface area contributed by atoms with Crippen molar-refractivity contribution in [1.29, 1.82) is 0 Å². The molecule has 0 radical (unpaired) electrons. The van der Waals surface area contributed by atoms with E-state index in [0.717, 1.165) is 0 Å². The van der Waals surface area contributed by atoms with E-state index in [2.05, 4.69) is 95.6 Å². The maximum Gasteiger partial charge on any atom is 0.0271 e. The van der Waals surface area contributed by atoms with Gasteiger partial charge in [0.05, 0.1) is 0 Å². The first-order valence-electron chi connectivity index (χ1n) is 6.26. The number of rotatable bonds is 0. The second kappa shape index (κ2) is 9.81. The van der Waals surface area contributed by atoms with Gasteiger partial charge in [-0.05, 0) is 38.5 Å². The molecule has 108 valence electrons. The summed E-state index contributed by atoms with van der Waals surface area (Å²) in [5.41, 5.74) is 0. The van der Waals surface area contributed by atoms with Crippen LogP contribution < -0.4 is 0 Å². The lowest BCUT2D eigenvalue weighted by Gasteiger charge is -2.25. The number of halogens is 6. The van der Waals surface area contributed by atoms with E-state index in [4.69, 9.17) is 0 Å². The van der Waals surface area contributed by atoms with E-state index in [-0.39, 0.29) is 0 Å². The Morgan fingerprint density at radius 3 is 0.556 bits per heavy atom. The maximum atomic E-state index is 3.82. The fraction of sp³-hybridized carbons (Fsp3) is 1.00. The van der Waals surface area contributed by atoms with Crippen LogP contribution in [0.3, 0.4) is 0 Å². The monoisotopic (exact) mass is 636 g/mol. The van der Waals surface area contributed by atoms with Gasteiger partial charge in [0.15, 0.2) is 0 Å². The van der Waals surface area contributed by atoms with Gasteiger partial charge in [0, 0.05) is 29.0 Å². The molecule has 1 aliphatic carbocycles. The lowest BCUT2D eigenvalue weighted by molar-refractivity contribution is 0.557. The second-order valence-corrected chi connectivity index (χ2v) is 11.9. The fourth-order valence-electron chi connectivity index (χ4n) is 2.04. The molecule has 0 aromatic rings. The molecule has 0 spiro atoms. The molecule has 1 saturated carbocycles. The van der Waals surface area contributed by atoms with Crippen molar-refractivity contribution in [2.24, 2.45) is 0 Å². The first-order chi connectivity index (χ1) is 8.41. The number of alkyl halides is 6. The van der Waals surface area contributed by atoms with E-state index >= 15 is 0 Å². The van der Waals surface area contributed by atoms with Crippen molar-refractivity contribution in [2.45, 2.75) is 67.5 Å². The topological polar surface area (TPSA) is 0 Å². The Labute approximate surface area is 161 Å². The van der Waals surface area contributed by atoms with E-state index in [1.807, 2.05) is 0 Å². The van der Waals surface area contributed by atoms with Crippen LogP contribution in [0.5, 0.6) is 0 Å². The number of hydrogen-bond acceptors (Lipinski definition) is 0. The SMILES string of the molecule is BrC1CC[C@@H](Br)[C@@H](Br)CC[C@@H](Br)[C@@H](Br)CC[C@H]1Br. The third-order valence-corrected chi connectivity index (χ3v) is 12.0. The van der Waals surface area contributed by atoms with Crippen LogP contribution in [0.2, 0.25) is 0 Å². The summed E-state index contributed by atoms with van der Waals surface area (Å²) in [5, 5.41) is 0. The third-order valence-electron chi connectivity index (χ3n) is 3.33. The lowest BCUT2D eigenvalue weighted by atomic mass is 10.0. The Morgan fingerprint density at radius 1 is 0.333 bits per heavy atom. The van der Waals surface area contributed by atoms with Crippen LogP contribution in [0.4, 0.5) is 0 Å². The summed E-state index contributed by atoms with van der Waals surface area (Å²) in [7, 11) is 0. The minimum Gasteiger partial charge on any atom is -0.0879 e. The molecule has 0 N–H and O–H groups in total. The summed E-state index contributed by atoms with van der Waals surface area (Å²) in [6, 6.07) is 0. The first-order valence-corrected chi connectivity index (χ1v) is 11.8. The summed E-state index contributed by atoms with van der Waals surface area (Å²) in [6.45, 7) is 0.